The molecule has 1 saturated heterocycles. The maximum atomic E-state index is 13.5. The molecule has 2 aliphatic rings. The van der Waals surface area contributed by atoms with E-state index in [2.05, 4.69) is 0 Å². The third-order valence-corrected chi connectivity index (χ3v) is 7.73. The van der Waals surface area contributed by atoms with Crippen LogP contribution in [0.2, 0.25) is 0 Å². The summed E-state index contributed by atoms with van der Waals surface area (Å²) < 4.78 is 0.398. The lowest BCUT2D eigenvalue weighted by Gasteiger charge is -2.32. The summed E-state index contributed by atoms with van der Waals surface area (Å²) in [5.41, 5.74) is 3.72. The van der Waals surface area contributed by atoms with E-state index in [4.69, 9.17) is 12.2 Å². The van der Waals surface area contributed by atoms with Gasteiger partial charge < -0.3 is 0 Å². The van der Waals surface area contributed by atoms with Crippen LogP contribution in [0.25, 0.3) is 6.08 Å². The van der Waals surface area contributed by atoms with E-state index in [9.17, 15) is 9.59 Å². The van der Waals surface area contributed by atoms with Gasteiger partial charge in [-0.15, -0.1) is 0 Å². The highest BCUT2D eigenvalue weighted by Gasteiger charge is 2.36. The Morgan fingerprint density at radius 3 is 2.12 bits per heavy atom. The number of fused-ring (bicyclic) bond motifs is 2. The highest BCUT2D eigenvalue weighted by Crippen LogP contribution is 2.48. The van der Waals surface area contributed by atoms with Gasteiger partial charge in [0.15, 0.2) is 0 Å². The number of amides is 2. The minimum Gasteiger partial charge on any atom is -0.283 e. The van der Waals surface area contributed by atoms with Crippen molar-refractivity contribution in [3.63, 3.8) is 0 Å². The number of anilines is 2. The van der Waals surface area contributed by atoms with Crippen LogP contribution in [0.4, 0.5) is 11.4 Å². The quantitative estimate of drug-likeness (QED) is 0.343. The van der Waals surface area contributed by atoms with Crippen molar-refractivity contribution in [2.24, 2.45) is 0 Å². The summed E-state index contributed by atoms with van der Waals surface area (Å²) in [6, 6.07) is 23.5. The van der Waals surface area contributed by atoms with Gasteiger partial charge in [0.2, 0.25) is 0 Å². The zero-order valence-corrected chi connectivity index (χ0v) is 19.6. The molecule has 158 valence electrons. The van der Waals surface area contributed by atoms with E-state index >= 15 is 0 Å². The minimum atomic E-state index is -0.234. The molecule has 3 aromatic carbocycles. The maximum Gasteiger partial charge on any atom is 0.266 e. The second-order valence-electron chi connectivity index (χ2n) is 7.45. The van der Waals surface area contributed by atoms with Crippen LogP contribution in [0.3, 0.4) is 0 Å². The first-order chi connectivity index (χ1) is 15.5. The van der Waals surface area contributed by atoms with E-state index in [1.54, 1.807) is 16.7 Å². The first-order valence-electron chi connectivity index (χ1n) is 10.0. The number of benzene rings is 3. The van der Waals surface area contributed by atoms with E-state index in [1.165, 1.54) is 16.7 Å². The molecule has 2 aliphatic heterocycles. The molecule has 0 radical (unpaired) electrons. The number of hydrogen-bond donors (Lipinski definition) is 0. The number of thioether (sulfide) groups is 1. The second kappa shape index (κ2) is 8.58. The summed E-state index contributed by atoms with van der Waals surface area (Å²) in [6.07, 6.45) is 1.82. The Labute approximate surface area is 200 Å². The molecule has 7 heteroatoms. The van der Waals surface area contributed by atoms with Gasteiger partial charge in [0.25, 0.3) is 11.8 Å². The highest BCUT2D eigenvalue weighted by molar-refractivity contribution is 8.26. The zero-order chi connectivity index (χ0) is 22.2. The molecule has 0 aliphatic carbocycles. The highest BCUT2D eigenvalue weighted by atomic mass is 32.2. The predicted octanol–water partition coefficient (Wildman–Crippen LogP) is 6.03. The van der Waals surface area contributed by atoms with E-state index in [0.29, 0.717) is 9.23 Å². The van der Waals surface area contributed by atoms with Gasteiger partial charge in [-0.25, -0.2) is 0 Å². The molecule has 0 bridgehead atoms. The largest absolute Gasteiger partial charge is 0.283 e. The van der Waals surface area contributed by atoms with Gasteiger partial charge in [0.1, 0.15) is 10.9 Å². The van der Waals surface area contributed by atoms with Crippen molar-refractivity contribution in [3.05, 3.63) is 88.8 Å². The molecule has 0 saturated carbocycles. The molecular formula is C25H18N2O2S3. The Balaban J connectivity index is 1.43. The third-order valence-electron chi connectivity index (χ3n) is 5.22. The first-order valence-corrected chi connectivity index (χ1v) is 12.1. The molecule has 4 nitrogen and oxygen atoms in total. The van der Waals surface area contributed by atoms with Crippen LogP contribution in [0, 0.1) is 6.92 Å². The number of hydrogen-bond acceptors (Lipinski definition) is 5. The summed E-state index contributed by atoms with van der Waals surface area (Å²) in [5, 5.41) is 0. The standard InChI is InChI=1S/C25H18N2O2S3/c1-16-10-12-17(13-11-16)14-22-24(29)26(25(30)32-22)15-23(28)27-18-6-2-4-8-20(18)31-21-9-5-3-7-19(21)27/h2-14H,15H2,1H3/b22-14-. The summed E-state index contributed by atoms with van der Waals surface area (Å²) in [6.45, 7) is 1.91. The molecule has 32 heavy (non-hydrogen) atoms. The minimum absolute atomic E-state index is 0.108. The number of aryl methyl sites for hydroxylation is 1. The molecule has 0 spiro atoms. The average molecular weight is 475 g/mol. The molecular weight excluding hydrogens is 456 g/mol. The first kappa shape index (κ1) is 21.0. The Hall–Kier alpha value is -2.87. The van der Waals surface area contributed by atoms with Crippen LogP contribution in [-0.2, 0) is 9.59 Å². The monoisotopic (exact) mass is 474 g/mol. The average Bonchev–Trinajstić information content (AvgIpc) is 3.06. The number of carbonyl (C=O) groups excluding carboxylic acids is 2. The van der Waals surface area contributed by atoms with Crippen molar-refractivity contribution in [2.75, 3.05) is 11.4 Å². The number of rotatable bonds is 3. The van der Waals surface area contributed by atoms with Gasteiger partial charge in [0, 0.05) is 9.79 Å². The fourth-order valence-electron chi connectivity index (χ4n) is 3.63. The van der Waals surface area contributed by atoms with Gasteiger partial charge in [-0.05, 0) is 42.8 Å². The van der Waals surface area contributed by atoms with Gasteiger partial charge in [-0.3, -0.25) is 19.4 Å². The van der Waals surface area contributed by atoms with Crippen LogP contribution in [-0.4, -0.2) is 27.6 Å². The van der Waals surface area contributed by atoms with E-state index in [-0.39, 0.29) is 18.4 Å². The van der Waals surface area contributed by atoms with Crippen molar-refractivity contribution < 1.29 is 9.59 Å². The number of para-hydroxylation sites is 2. The van der Waals surface area contributed by atoms with Crippen LogP contribution in [0.15, 0.2) is 87.5 Å². The number of carbonyl (C=O) groups is 2. The lowest BCUT2D eigenvalue weighted by atomic mass is 10.1. The fraction of sp³-hybridized carbons (Fsp3) is 0.0800. The smallest absolute Gasteiger partial charge is 0.266 e. The zero-order valence-electron chi connectivity index (χ0n) is 17.1. The normalized spacial score (nSPS) is 16.3. The van der Waals surface area contributed by atoms with Gasteiger partial charge in [0.05, 0.1) is 16.3 Å². The SMILES string of the molecule is Cc1ccc(/C=C2\SC(=S)N(CC(=O)N3c4ccccc4Sc4ccccc43)C2=O)cc1. The van der Waals surface area contributed by atoms with Crippen LogP contribution < -0.4 is 4.90 Å². The Morgan fingerprint density at radius 1 is 0.906 bits per heavy atom. The van der Waals surface area contributed by atoms with E-state index in [0.717, 1.165) is 32.3 Å². The lowest BCUT2D eigenvalue weighted by Crippen LogP contribution is -2.41. The Bertz CT molecular complexity index is 1240. The molecule has 0 unspecified atom stereocenters. The topological polar surface area (TPSA) is 40.6 Å². The Kier molecular flexibility index (Phi) is 5.63. The molecule has 0 aromatic heterocycles. The molecule has 0 N–H and O–H groups in total. The van der Waals surface area contributed by atoms with Crippen molar-refractivity contribution in [1.29, 1.82) is 0 Å². The van der Waals surface area contributed by atoms with E-state index < -0.39 is 0 Å². The summed E-state index contributed by atoms with van der Waals surface area (Å²) in [7, 11) is 0. The summed E-state index contributed by atoms with van der Waals surface area (Å²) >= 11 is 8.33. The van der Waals surface area contributed by atoms with Crippen molar-refractivity contribution in [1.82, 2.24) is 4.90 Å². The van der Waals surface area contributed by atoms with Gasteiger partial charge in [-0.2, -0.15) is 0 Å². The Morgan fingerprint density at radius 2 is 1.50 bits per heavy atom. The van der Waals surface area contributed by atoms with Crippen molar-refractivity contribution in [2.45, 2.75) is 16.7 Å². The van der Waals surface area contributed by atoms with Gasteiger partial charge >= 0.3 is 0 Å². The molecule has 3 aromatic rings. The summed E-state index contributed by atoms with van der Waals surface area (Å²) in [5.74, 6) is -0.431. The van der Waals surface area contributed by atoms with Crippen molar-refractivity contribution >= 4 is 69.3 Å². The molecule has 2 heterocycles. The summed E-state index contributed by atoms with van der Waals surface area (Å²) in [4.78, 5) is 32.2. The number of thiocarbonyl (C=S) groups is 1. The number of nitrogens with zero attached hydrogens (tertiary/aromatic N) is 2. The fourth-order valence-corrected chi connectivity index (χ4v) is 5.94. The third kappa shape index (κ3) is 3.88. The second-order valence-corrected chi connectivity index (χ2v) is 10.2. The van der Waals surface area contributed by atoms with Crippen LogP contribution in [0.5, 0.6) is 0 Å². The van der Waals surface area contributed by atoms with Crippen LogP contribution >= 0.6 is 35.7 Å². The van der Waals surface area contributed by atoms with E-state index in [1.807, 2.05) is 85.8 Å². The molecule has 0 atom stereocenters. The van der Waals surface area contributed by atoms with Crippen molar-refractivity contribution in [3.8, 4) is 0 Å². The predicted molar refractivity (Wildman–Crippen MR) is 135 cm³/mol. The molecule has 5 rings (SSSR count). The van der Waals surface area contributed by atoms with Gasteiger partial charge in [-0.1, -0.05) is 89.8 Å². The lowest BCUT2D eigenvalue weighted by molar-refractivity contribution is -0.127. The molecule has 1 fully saturated rings. The maximum absolute atomic E-state index is 13.5. The van der Waals surface area contributed by atoms with Crippen LogP contribution in [0.1, 0.15) is 11.1 Å². The molecule has 2 amide bonds.